The summed E-state index contributed by atoms with van der Waals surface area (Å²) in [5.74, 6) is 1.76. The lowest BCUT2D eigenvalue weighted by Gasteiger charge is -2.18. The molecule has 332 valence electrons. The Hall–Kier alpha value is -8.01. The maximum Gasteiger partial charge on any atom is 0.135 e. The molecule has 10 rings (SSSR count). The topological polar surface area (TPSA) is 35.3 Å². The van der Waals surface area contributed by atoms with Crippen LogP contribution in [0.4, 0.5) is 0 Å². The number of hydrogen-bond donors (Lipinski definition) is 0. The highest BCUT2D eigenvalue weighted by Crippen LogP contribution is 2.44. The van der Waals surface area contributed by atoms with Crippen LogP contribution in [0.15, 0.2) is 212 Å². The smallest absolute Gasteiger partial charge is 0.135 e. The molecule has 0 unspecified atom stereocenters. The van der Waals surface area contributed by atoms with Gasteiger partial charge in [-0.2, -0.15) is 0 Å². The number of pyridine rings is 1. The number of hydrogen-bond acceptors (Lipinski definition) is 3. The maximum absolute atomic E-state index is 6.02. The Morgan fingerprint density at radius 1 is 0.507 bits per heavy atom. The van der Waals surface area contributed by atoms with Gasteiger partial charge in [-0.25, -0.2) is 0 Å². The maximum atomic E-state index is 6.02. The quantitative estimate of drug-likeness (QED) is 0.113. The third-order valence-corrected chi connectivity index (χ3v) is 11.8. The highest BCUT2D eigenvalue weighted by atomic mass is 16.5. The van der Waals surface area contributed by atoms with Crippen LogP contribution in [0.25, 0.3) is 100 Å². The highest BCUT2D eigenvalue weighted by Gasteiger charge is 2.17. The molecule has 0 radical (unpaired) electrons. The third kappa shape index (κ3) is 10.1. The molecule has 0 N–H and O–H groups in total. The first-order valence-electron chi connectivity index (χ1n) is 23.0. The van der Waals surface area contributed by atoms with Gasteiger partial charge in [0.05, 0.1) is 12.8 Å². The van der Waals surface area contributed by atoms with Crippen molar-refractivity contribution in [1.82, 2.24) is 4.98 Å². The van der Waals surface area contributed by atoms with Gasteiger partial charge >= 0.3 is 0 Å². The van der Waals surface area contributed by atoms with E-state index in [-0.39, 0.29) is 0 Å². The van der Waals surface area contributed by atoms with Crippen molar-refractivity contribution in [3.05, 3.63) is 230 Å². The van der Waals surface area contributed by atoms with E-state index in [1.807, 2.05) is 58.2 Å². The lowest BCUT2D eigenvalue weighted by Crippen LogP contribution is -1.92. The van der Waals surface area contributed by atoms with Gasteiger partial charge in [-0.3, -0.25) is 4.98 Å². The van der Waals surface area contributed by atoms with Crippen LogP contribution in [0, 0.1) is 13.8 Å². The number of methoxy groups -OCH3 is 1. The minimum Gasteiger partial charge on any atom is -0.496 e. The van der Waals surface area contributed by atoms with Gasteiger partial charge in [-0.1, -0.05) is 190 Å². The third-order valence-electron chi connectivity index (χ3n) is 11.8. The fraction of sp³-hybridized carbons (Fsp3) is 0.109. The molecule has 0 bridgehead atoms. The Morgan fingerprint density at radius 2 is 1.00 bits per heavy atom. The number of ether oxygens (including phenoxy) is 1. The molecular weight excluding hydrogens is 815 g/mol. The molecule has 0 aliphatic heterocycles. The van der Waals surface area contributed by atoms with Crippen LogP contribution < -0.4 is 4.74 Å². The van der Waals surface area contributed by atoms with Crippen LogP contribution in [-0.2, 0) is 0 Å². The molecule has 0 spiro atoms. The number of aryl methyl sites for hydroxylation is 1. The first kappa shape index (κ1) is 47.0. The van der Waals surface area contributed by atoms with E-state index in [1.165, 1.54) is 60.5 Å². The molecule has 0 fully saturated rings. The number of allylic oxidation sites excluding steroid dienone is 2. The summed E-state index contributed by atoms with van der Waals surface area (Å²) in [7, 11) is 1.70. The molecule has 0 saturated carbocycles. The average molecular weight is 874 g/mol. The zero-order valence-corrected chi connectivity index (χ0v) is 39.8. The molecule has 0 aliphatic rings. The van der Waals surface area contributed by atoms with E-state index in [0.29, 0.717) is 0 Å². The second kappa shape index (κ2) is 22.3. The number of benzene rings is 8. The fourth-order valence-corrected chi connectivity index (χ4v) is 8.51. The number of nitrogens with zero attached hydrogens (tertiary/aromatic N) is 1. The number of furan rings is 1. The van der Waals surface area contributed by atoms with Crippen molar-refractivity contribution in [1.29, 1.82) is 0 Å². The van der Waals surface area contributed by atoms with E-state index < -0.39 is 0 Å². The zero-order chi connectivity index (χ0) is 47.3. The summed E-state index contributed by atoms with van der Waals surface area (Å²) in [6.07, 6.45) is 9.66. The Labute approximate surface area is 397 Å². The predicted octanol–water partition coefficient (Wildman–Crippen LogP) is 18.7. The largest absolute Gasteiger partial charge is 0.496 e. The second-order valence-electron chi connectivity index (χ2n) is 15.9. The predicted molar refractivity (Wildman–Crippen MR) is 291 cm³/mol. The molecule has 10 aromatic rings. The molecule has 0 aliphatic carbocycles. The van der Waals surface area contributed by atoms with E-state index in [2.05, 4.69) is 191 Å². The monoisotopic (exact) mass is 873 g/mol. The molecule has 67 heavy (non-hydrogen) atoms. The van der Waals surface area contributed by atoms with Crippen molar-refractivity contribution >= 4 is 44.7 Å². The molecule has 8 aromatic carbocycles. The zero-order valence-electron chi connectivity index (χ0n) is 39.8. The summed E-state index contributed by atoms with van der Waals surface area (Å²) >= 11 is 0. The summed E-state index contributed by atoms with van der Waals surface area (Å²) in [5, 5.41) is 5.98. The second-order valence-corrected chi connectivity index (χ2v) is 15.9. The standard InChI is InChI=1S/C50H35NO.C9H12O.C3H6.C2H6/c1-3-12-40-45-31-38(28-30-48(45)52-47(40)4-2)35-19-23-36(24-20-35)46-29-27-39(32-51-46)50-43-17-10-8-15-41(43)49(42-16-9-11-18-44(42)50)37-25-21-34(22-26-37)33-13-6-5-7-14-33;1-7-5-4-6-9(10-3)8(7)2;1-3-2;1-2/h3-32H,2H2,1H3;4-6H,1-3H3;3H,1H2,2H3;1-2H3/b12-3-;;;. The summed E-state index contributed by atoms with van der Waals surface area (Å²) in [6, 6.07) is 62.5. The van der Waals surface area contributed by atoms with Gasteiger partial charge in [0.15, 0.2) is 0 Å². The minimum atomic E-state index is 0.792. The molecule has 2 aromatic heterocycles. The van der Waals surface area contributed by atoms with Crippen LogP contribution >= 0.6 is 0 Å². The first-order valence-corrected chi connectivity index (χ1v) is 23.0. The number of rotatable bonds is 8. The SMILES string of the molecule is C=CC.C=Cc1oc2ccc(-c3ccc(-c4ccc(-c5c6ccccc6c(-c6ccc(-c7ccccc7)cc6)c6ccccc56)cn4)cc3)cc2c1/C=C\C.CC.COc1cccc(C)c1C. The number of fused-ring (bicyclic) bond motifs is 3. The molecule has 2 heterocycles. The highest BCUT2D eigenvalue weighted by molar-refractivity contribution is 6.21. The minimum absolute atomic E-state index is 0.792. The lowest BCUT2D eigenvalue weighted by atomic mass is 9.86. The van der Waals surface area contributed by atoms with Crippen LogP contribution in [0.2, 0.25) is 0 Å². The van der Waals surface area contributed by atoms with Gasteiger partial charge < -0.3 is 9.15 Å². The normalized spacial score (nSPS) is 10.7. The van der Waals surface area contributed by atoms with Crippen molar-refractivity contribution in [3.8, 4) is 61.5 Å². The lowest BCUT2D eigenvalue weighted by molar-refractivity contribution is 0.411. The summed E-state index contributed by atoms with van der Waals surface area (Å²) in [5.41, 5.74) is 15.9. The van der Waals surface area contributed by atoms with Gasteiger partial charge in [0.2, 0.25) is 0 Å². The molecule has 3 heteroatoms. The summed E-state index contributed by atoms with van der Waals surface area (Å²) in [6.45, 7) is 19.3. The molecule has 0 atom stereocenters. The van der Waals surface area contributed by atoms with E-state index in [0.717, 1.165) is 56.0 Å². The summed E-state index contributed by atoms with van der Waals surface area (Å²) < 4.78 is 11.1. The van der Waals surface area contributed by atoms with E-state index in [9.17, 15) is 0 Å². The molecular formula is C64H59NO2. The Balaban J connectivity index is 0.000000385. The van der Waals surface area contributed by atoms with Crippen LogP contribution in [0.1, 0.15) is 50.1 Å². The van der Waals surface area contributed by atoms with Gasteiger partial charge in [-0.15, -0.1) is 6.58 Å². The van der Waals surface area contributed by atoms with Crippen LogP contribution in [0.3, 0.4) is 0 Å². The van der Waals surface area contributed by atoms with Crippen LogP contribution in [0.5, 0.6) is 5.75 Å². The van der Waals surface area contributed by atoms with Gasteiger partial charge in [0.25, 0.3) is 0 Å². The average Bonchev–Trinajstić information content (AvgIpc) is 3.74. The van der Waals surface area contributed by atoms with Gasteiger partial charge in [0.1, 0.15) is 17.1 Å². The Morgan fingerprint density at radius 3 is 1.52 bits per heavy atom. The van der Waals surface area contributed by atoms with Crippen molar-refractivity contribution < 1.29 is 9.15 Å². The van der Waals surface area contributed by atoms with Crippen LogP contribution in [-0.4, -0.2) is 12.1 Å². The Bertz CT molecular complexity index is 3220. The fourth-order valence-electron chi connectivity index (χ4n) is 8.51. The first-order chi connectivity index (χ1) is 32.9. The van der Waals surface area contributed by atoms with Crippen molar-refractivity contribution in [2.45, 2.75) is 41.5 Å². The van der Waals surface area contributed by atoms with Crippen molar-refractivity contribution in [2.24, 2.45) is 0 Å². The molecule has 0 saturated heterocycles. The van der Waals surface area contributed by atoms with Crippen molar-refractivity contribution in [2.75, 3.05) is 7.11 Å². The molecule has 3 nitrogen and oxygen atoms in total. The van der Waals surface area contributed by atoms with E-state index in [4.69, 9.17) is 14.1 Å². The Kier molecular flexibility index (Phi) is 15.6. The number of aromatic nitrogens is 1. The van der Waals surface area contributed by atoms with Gasteiger partial charge in [0, 0.05) is 28.3 Å². The summed E-state index contributed by atoms with van der Waals surface area (Å²) in [4.78, 5) is 5.02. The van der Waals surface area contributed by atoms with E-state index in [1.54, 1.807) is 19.3 Å². The van der Waals surface area contributed by atoms with E-state index >= 15 is 0 Å². The molecule has 0 amide bonds. The van der Waals surface area contributed by atoms with Gasteiger partial charge in [-0.05, 0) is 130 Å². The van der Waals surface area contributed by atoms with Crippen molar-refractivity contribution in [3.63, 3.8) is 0 Å².